The van der Waals surface area contributed by atoms with Gasteiger partial charge in [-0.15, -0.1) is 0 Å². The Hall–Kier alpha value is -2.05. The second-order valence-electron chi connectivity index (χ2n) is 5.97. The summed E-state index contributed by atoms with van der Waals surface area (Å²) in [5.74, 6) is -0.00548. The molecule has 8 heteroatoms. The van der Waals surface area contributed by atoms with Crippen molar-refractivity contribution in [2.24, 2.45) is 5.92 Å². The van der Waals surface area contributed by atoms with Gasteiger partial charge in [0.25, 0.3) is 5.91 Å². The standard InChI is InChI=1S/C17H19Cl2N3O3/c1-11(2)5-7-22(10-16(23)20-15-6-8-25-21-15)17(24)13-4-3-12(18)9-14(13)19/h3-4,6,8-9,11H,5,7,10H2,1-2H3,(H,20,21,23). The molecular weight excluding hydrogens is 365 g/mol. The first kappa shape index (κ1) is 19.3. The lowest BCUT2D eigenvalue weighted by atomic mass is 10.1. The molecule has 0 bridgehead atoms. The summed E-state index contributed by atoms with van der Waals surface area (Å²) in [5.41, 5.74) is 0.309. The van der Waals surface area contributed by atoms with Gasteiger partial charge in [-0.25, -0.2) is 0 Å². The van der Waals surface area contributed by atoms with Crippen LogP contribution in [-0.4, -0.2) is 35.0 Å². The van der Waals surface area contributed by atoms with E-state index in [-0.39, 0.29) is 23.4 Å². The molecule has 1 heterocycles. The maximum atomic E-state index is 12.8. The van der Waals surface area contributed by atoms with E-state index in [4.69, 9.17) is 23.2 Å². The van der Waals surface area contributed by atoms with Crippen molar-refractivity contribution in [3.05, 3.63) is 46.1 Å². The number of carbonyl (C=O) groups is 2. The Morgan fingerprint density at radius 1 is 1.28 bits per heavy atom. The van der Waals surface area contributed by atoms with Gasteiger partial charge in [-0.3, -0.25) is 9.59 Å². The fraction of sp³-hybridized carbons (Fsp3) is 0.353. The van der Waals surface area contributed by atoms with Crippen LogP contribution in [0, 0.1) is 5.92 Å². The van der Waals surface area contributed by atoms with Gasteiger partial charge in [0, 0.05) is 17.6 Å². The summed E-state index contributed by atoms with van der Waals surface area (Å²) < 4.78 is 4.67. The van der Waals surface area contributed by atoms with Crippen LogP contribution in [0.25, 0.3) is 0 Å². The Morgan fingerprint density at radius 2 is 2.04 bits per heavy atom. The molecular formula is C17H19Cl2N3O3. The Morgan fingerprint density at radius 3 is 2.64 bits per heavy atom. The van der Waals surface area contributed by atoms with Crippen molar-refractivity contribution < 1.29 is 14.1 Å². The van der Waals surface area contributed by atoms with Gasteiger partial charge in [0.05, 0.1) is 10.6 Å². The predicted octanol–water partition coefficient (Wildman–Crippen LogP) is 4.11. The number of carbonyl (C=O) groups excluding carboxylic acids is 2. The number of nitrogens with one attached hydrogen (secondary N) is 1. The van der Waals surface area contributed by atoms with Crippen molar-refractivity contribution in [3.63, 3.8) is 0 Å². The van der Waals surface area contributed by atoms with E-state index in [2.05, 4.69) is 15.0 Å². The van der Waals surface area contributed by atoms with E-state index < -0.39 is 0 Å². The van der Waals surface area contributed by atoms with E-state index in [0.29, 0.717) is 28.9 Å². The van der Waals surface area contributed by atoms with Crippen LogP contribution in [0.4, 0.5) is 5.82 Å². The van der Waals surface area contributed by atoms with Crippen LogP contribution in [0.3, 0.4) is 0 Å². The number of hydrogen-bond donors (Lipinski definition) is 1. The average molecular weight is 384 g/mol. The first-order chi connectivity index (χ1) is 11.9. The molecule has 0 unspecified atom stereocenters. The van der Waals surface area contributed by atoms with Crippen molar-refractivity contribution >= 4 is 40.8 Å². The number of benzene rings is 1. The van der Waals surface area contributed by atoms with Crippen molar-refractivity contribution in [2.75, 3.05) is 18.4 Å². The minimum atomic E-state index is -0.365. The highest BCUT2D eigenvalue weighted by atomic mass is 35.5. The Labute approximate surface area is 156 Å². The van der Waals surface area contributed by atoms with E-state index in [1.807, 2.05) is 13.8 Å². The summed E-state index contributed by atoms with van der Waals surface area (Å²) in [6.45, 7) is 4.42. The van der Waals surface area contributed by atoms with Gasteiger partial charge < -0.3 is 14.7 Å². The van der Waals surface area contributed by atoms with Crippen molar-refractivity contribution in [1.29, 1.82) is 0 Å². The smallest absolute Gasteiger partial charge is 0.255 e. The molecule has 2 rings (SSSR count). The lowest BCUT2D eigenvalue weighted by Crippen LogP contribution is -2.39. The normalized spacial score (nSPS) is 10.8. The molecule has 25 heavy (non-hydrogen) atoms. The van der Waals surface area contributed by atoms with E-state index in [1.165, 1.54) is 23.3 Å². The molecule has 0 saturated heterocycles. The van der Waals surface area contributed by atoms with Gasteiger partial charge in [-0.1, -0.05) is 42.2 Å². The number of hydrogen-bond acceptors (Lipinski definition) is 4. The number of halogens is 2. The third kappa shape index (κ3) is 5.76. The number of nitrogens with zero attached hydrogens (tertiary/aromatic N) is 2. The molecule has 0 aliphatic carbocycles. The summed E-state index contributed by atoms with van der Waals surface area (Å²) in [5, 5.41) is 6.89. The van der Waals surface area contributed by atoms with Crippen LogP contribution < -0.4 is 5.32 Å². The van der Waals surface area contributed by atoms with Gasteiger partial charge >= 0.3 is 0 Å². The molecule has 0 saturated carbocycles. The van der Waals surface area contributed by atoms with Gasteiger partial charge in [0.2, 0.25) is 5.91 Å². The average Bonchev–Trinajstić information content (AvgIpc) is 3.03. The van der Waals surface area contributed by atoms with Gasteiger partial charge in [0.15, 0.2) is 5.82 Å². The molecule has 2 amide bonds. The summed E-state index contributed by atoms with van der Waals surface area (Å²) in [4.78, 5) is 26.5. The summed E-state index contributed by atoms with van der Waals surface area (Å²) in [6.07, 6.45) is 2.11. The third-order valence-electron chi connectivity index (χ3n) is 3.46. The van der Waals surface area contributed by atoms with Gasteiger partial charge in [-0.05, 0) is 30.5 Å². The summed E-state index contributed by atoms with van der Waals surface area (Å²) in [6, 6.07) is 6.18. The molecule has 1 N–H and O–H groups in total. The van der Waals surface area contributed by atoms with Crippen LogP contribution in [0.2, 0.25) is 10.0 Å². The molecule has 6 nitrogen and oxygen atoms in total. The van der Waals surface area contributed by atoms with Gasteiger partial charge in [0.1, 0.15) is 12.8 Å². The second kappa shape index (κ2) is 8.87. The quantitative estimate of drug-likeness (QED) is 0.780. The van der Waals surface area contributed by atoms with E-state index >= 15 is 0 Å². The molecule has 1 aromatic heterocycles. The van der Waals surface area contributed by atoms with Gasteiger partial charge in [-0.2, -0.15) is 0 Å². The minimum Gasteiger partial charge on any atom is -0.363 e. The Bertz CT molecular complexity index is 733. The van der Waals surface area contributed by atoms with E-state index in [9.17, 15) is 9.59 Å². The van der Waals surface area contributed by atoms with Crippen LogP contribution in [0.5, 0.6) is 0 Å². The number of aromatic nitrogens is 1. The lowest BCUT2D eigenvalue weighted by Gasteiger charge is -2.23. The largest absolute Gasteiger partial charge is 0.363 e. The first-order valence-electron chi connectivity index (χ1n) is 7.81. The molecule has 2 aromatic rings. The number of anilines is 1. The Balaban J connectivity index is 2.13. The maximum Gasteiger partial charge on any atom is 0.255 e. The topological polar surface area (TPSA) is 75.4 Å². The summed E-state index contributed by atoms with van der Waals surface area (Å²) >= 11 is 12.0. The highest BCUT2D eigenvalue weighted by Crippen LogP contribution is 2.22. The fourth-order valence-corrected chi connectivity index (χ4v) is 2.62. The zero-order chi connectivity index (χ0) is 18.4. The van der Waals surface area contributed by atoms with Crippen molar-refractivity contribution in [1.82, 2.24) is 10.1 Å². The molecule has 0 fully saturated rings. The predicted molar refractivity (Wildman–Crippen MR) is 97.0 cm³/mol. The third-order valence-corrected chi connectivity index (χ3v) is 4.01. The van der Waals surface area contributed by atoms with E-state index in [1.54, 1.807) is 12.1 Å². The number of amides is 2. The highest BCUT2D eigenvalue weighted by Gasteiger charge is 2.21. The van der Waals surface area contributed by atoms with Crippen molar-refractivity contribution in [3.8, 4) is 0 Å². The van der Waals surface area contributed by atoms with Crippen LogP contribution in [0.1, 0.15) is 30.6 Å². The first-order valence-corrected chi connectivity index (χ1v) is 8.57. The molecule has 0 atom stereocenters. The fourth-order valence-electron chi connectivity index (χ4n) is 2.13. The zero-order valence-corrected chi connectivity index (χ0v) is 15.5. The van der Waals surface area contributed by atoms with E-state index in [0.717, 1.165) is 6.42 Å². The summed E-state index contributed by atoms with van der Waals surface area (Å²) in [7, 11) is 0. The maximum absolute atomic E-state index is 12.8. The molecule has 0 radical (unpaired) electrons. The zero-order valence-electron chi connectivity index (χ0n) is 14.0. The van der Waals surface area contributed by atoms with Crippen LogP contribution in [0.15, 0.2) is 35.1 Å². The molecule has 0 spiro atoms. The number of rotatable bonds is 7. The lowest BCUT2D eigenvalue weighted by molar-refractivity contribution is -0.117. The molecule has 0 aliphatic rings. The highest BCUT2D eigenvalue weighted by molar-refractivity contribution is 6.36. The second-order valence-corrected chi connectivity index (χ2v) is 6.81. The molecule has 134 valence electrons. The SMILES string of the molecule is CC(C)CCN(CC(=O)Nc1ccon1)C(=O)c1ccc(Cl)cc1Cl. The molecule has 0 aliphatic heterocycles. The van der Waals surface area contributed by atoms with Crippen LogP contribution >= 0.6 is 23.2 Å². The van der Waals surface area contributed by atoms with Crippen LogP contribution in [-0.2, 0) is 4.79 Å². The Kier molecular flexibility index (Phi) is 6.84. The van der Waals surface area contributed by atoms with Crippen molar-refractivity contribution in [2.45, 2.75) is 20.3 Å². The monoisotopic (exact) mass is 383 g/mol. The minimum absolute atomic E-state index is 0.114. The molecule has 1 aromatic carbocycles.